The average molecular weight is 425 g/mol. The molecule has 0 aromatic rings. The number of carbonyl (C=O) groups is 2. The molecule has 0 saturated heterocycles. The Balaban J connectivity index is 1.81. The number of hydrogen-bond acceptors (Lipinski definition) is 6. The fourth-order valence-electron chi connectivity index (χ4n) is 6.16. The minimum Gasteiger partial charge on any atom is -0.459 e. The molecular weight excluding hydrogens is 384 g/mol. The zero-order valence-electron chi connectivity index (χ0n) is 19.5. The summed E-state index contributed by atoms with van der Waals surface area (Å²) in [6.45, 7) is 10.4. The molecule has 4 unspecified atom stereocenters. The van der Waals surface area contributed by atoms with Gasteiger partial charge in [0.2, 0.25) is 0 Å². The summed E-state index contributed by atoms with van der Waals surface area (Å²) in [5.41, 5.74) is -3.56. The molecule has 6 nitrogen and oxygen atoms in total. The van der Waals surface area contributed by atoms with Crippen LogP contribution >= 0.6 is 0 Å². The molecule has 0 aromatic heterocycles. The van der Waals surface area contributed by atoms with Gasteiger partial charge < -0.3 is 19.7 Å². The average Bonchev–Trinajstić information content (AvgIpc) is 2.56. The van der Waals surface area contributed by atoms with Gasteiger partial charge in [0.25, 0.3) is 0 Å². The van der Waals surface area contributed by atoms with Crippen LogP contribution in [-0.4, -0.2) is 45.1 Å². The standard InChI is InChI=1S/C24H40O6/c1-7-15(2)19(25)30-24-11-16-8-17(12-24)10-23(9-16,14-24)20(26)29-18(22(5,6)28)13-21(3,4)27/h15-18,27-28H,7-14H2,1-6H3. The third-order valence-corrected chi connectivity index (χ3v) is 7.49. The van der Waals surface area contributed by atoms with E-state index in [0.717, 1.165) is 38.5 Å². The highest BCUT2D eigenvalue weighted by Gasteiger charge is 2.63. The molecule has 0 heterocycles. The third-order valence-electron chi connectivity index (χ3n) is 7.49. The Labute approximate surface area is 180 Å². The first-order chi connectivity index (χ1) is 13.7. The van der Waals surface area contributed by atoms with E-state index in [1.54, 1.807) is 27.7 Å². The van der Waals surface area contributed by atoms with Crippen molar-refractivity contribution in [3.8, 4) is 0 Å². The molecule has 4 fully saturated rings. The van der Waals surface area contributed by atoms with E-state index >= 15 is 0 Å². The largest absolute Gasteiger partial charge is 0.459 e. The Hall–Kier alpha value is -1.14. The van der Waals surface area contributed by atoms with E-state index in [9.17, 15) is 19.8 Å². The molecule has 2 N–H and O–H groups in total. The zero-order chi connectivity index (χ0) is 22.5. The summed E-state index contributed by atoms with van der Waals surface area (Å²) < 4.78 is 12.0. The Morgan fingerprint density at radius 2 is 1.63 bits per heavy atom. The van der Waals surface area contributed by atoms with Gasteiger partial charge in [0.05, 0.1) is 22.5 Å². The van der Waals surface area contributed by atoms with Crippen LogP contribution in [0.3, 0.4) is 0 Å². The van der Waals surface area contributed by atoms with E-state index in [4.69, 9.17) is 9.47 Å². The number of aliphatic hydroxyl groups is 2. The number of ether oxygens (including phenoxy) is 2. The minimum atomic E-state index is -1.27. The molecule has 30 heavy (non-hydrogen) atoms. The molecule has 4 rings (SSSR count). The number of carbonyl (C=O) groups excluding carboxylic acids is 2. The van der Waals surface area contributed by atoms with Crippen molar-refractivity contribution in [2.75, 3.05) is 0 Å². The maximum absolute atomic E-state index is 13.5. The van der Waals surface area contributed by atoms with Gasteiger partial charge in [0, 0.05) is 12.8 Å². The predicted molar refractivity (Wildman–Crippen MR) is 112 cm³/mol. The third kappa shape index (κ3) is 4.85. The molecule has 4 saturated carbocycles. The number of hydrogen-bond donors (Lipinski definition) is 2. The first-order valence-electron chi connectivity index (χ1n) is 11.6. The summed E-state index contributed by atoms with van der Waals surface area (Å²) in [7, 11) is 0. The molecule has 4 bridgehead atoms. The maximum Gasteiger partial charge on any atom is 0.312 e. The Morgan fingerprint density at radius 3 is 2.10 bits per heavy atom. The van der Waals surface area contributed by atoms with Crippen molar-refractivity contribution in [3.63, 3.8) is 0 Å². The second-order valence-electron chi connectivity index (χ2n) is 11.7. The van der Waals surface area contributed by atoms with Gasteiger partial charge in [-0.2, -0.15) is 0 Å². The molecular formula is C24H40O6. The quantitative estimate of drug-likeness (QED) is 0.576. The van der Waals surface area contributed by atoms with Crippen LogP contribution in [-0.2, 0) is 19.1 Å². The lowest BCUT2D eigenvalue weighted by Crippen LogP contribution is -2.61. The van der Waals surface area contributed by atoms with Gasteiger partial charge in [-0.05, 0) is 78.1 Å². The summed E-state index contributed by atoms with van der Waals surface area (Å²) in [6, 6.07) is 0. The van der Waals surface area contributed by atoms with E-state index in [-0.39, 0.29) is 24.3 Å². The van der Waals surface area contributed by atoms with Gasteiger partial charge in [-0.3, -0.25) is 9.59 Å². The Morgan fingerprint density at radius 1 is 1.07 bits per heavy atom. The molecule has 0 aromatic carbocycles. The molecule has 4 atom stereocenters. The van der Waals surface area contributed by atoms with Crippen molar-refractivity contribution in [2.24, 2.45) is 23.2 Å². The van der Waals surface area contributed by atoms with Crippen LogP contribution in [0.5, 0.6) is 0 Å². The Kier molecular flexibility index (Phi) is 6.09. The molecule has 172 valence electrons. The smallest absolute Gasteiger partial charge is 0.312 e. The molecule has 4 aliphatic rings. The predicted octanol–water partition coefficient (Wildman–Crippen LogP) is 3.76. The van der Waals surface area contributed by atoms with Crippen molar-refractivity contribution in [1.82, 2.24) is 0 Å². The van der Waals surface area contributed by atoms with Crippen LogP contribution < -0.4 is 0 Å². The fraction of sp³-hybridized carbons (Fsp3) is 0.917. The molecule has 0 spiro atoms. The molecule has 6 heteroatoms. The number of rotatable bonds is 8. The maximum atomic E-state index is 13.5. The van der Waals surface area contributed by atoms with E-state index in [2.05, 4.69) is 0 Å². The molecule has 4 aliphatic carbocycles. The van der Waals surface area contributed by atoms with E-state index < -0.39 is 28.3 Å². The van der Waals surface area contributed by atoms with Crippen LogP contribution in [0, 0.1) is 23.2 Å². The van der Waals surface area contributed by atoms with Crippen LogP contribution in [0.4, 0.5) is 0 Å². The van der Waals surface area contributed by atoms with Crippen LogP contribution in [0.15, 0.2) is 0 Å². The second-order valence-corrected chi connectivity index (χ2v) is 11.7. The van der Waals surface area contributed by atoms with E-state index in [1.807, 2.05) is 13.8 Å². The first kappa shape index (κ1) is 23.5. The summed E-state index contributed by atoms with van der Waals surface area (Å²) in [5, 5.41) is 20.8. The van der Waals surface area contributed by atoms with Gasteiger partial charge in [-0.25, -0.2) is 0 Å². The zero-order valence-corrected chi connectivity index (χ0v) is 19.5. The van der Waals surface area contributed by atoms with Crippen molar-refractivity contribution < 1.29 is 29.3 Å². The van der Waals surface area contributed by atoms with Crippen LogP contribution in [0.25, 0.3) is 0 Å². The van der Waals surface area contributed by atoms with Gasteiger partial charge in [-0.15, -0.1) is 0 Å². The SMILES string of the molecule is CCC(C)C(=O)OC12CC3CC(C1)CC(C(=O)OC(CC(C)(C)O)C(C)(C)O)(C3)C2. The monoisotopic (exact) mass is 424 g/mol. The van der Waals surface area contributed by atoms with Crippen LogP contribution in [0.1, 0.15) is 92.9 Å². The highest BCUT2D eigenvalue weighted by Crippen LogP contribution is 2.63. The Bertz CT molecular complexity index is 656. The van der Waals surface area contributed by atoms with Crippen LogP contribution in [0.2, 0.25) is 0 Å². The van der Waals surface area contributed by atoms with Gasteiger partial charge in [0.15, 0.2) is 0 Å². The topological polar surface area (TPSA) is 93.1 Å². The molecule has 0 radical (unpaired) electrons. The van der Waals surface area contributed by atoms with E-state index in [0.29, 0.717) is 18.3 Å². The van der Waals surface area contributed by atoms with Crippen molar-refractivity contribution >= 4 is 11.9 Å². The van der Waals surface area contributed by atoms with Gasteiger partial charge in [0.1, 0.15) is 11.7 Å². The fourth-order valence-corrected chi connectivity index (χ4v) is 6.16. The highest BCUT2D eigenvalue weighted by atomic mass is 16.6. The first-order valence-corrected chi connectivity index (χ1v) is 11.6. The van der Waals surface area contributed by atoms with Crippen molar-refractivity contribution in [3.05, 3.63) is 0 Å². The van der Waals surface area contributed by atoms with E-state index in [1.165, 1.54) is 0 Å². The highest BCUT2D eigenvalue weighted by molar-refractivity contribution is 5.78. The minimum absolute atomic E-state index is 0.146. The molecule has 0 amide bonds. The summed E-state index contributed by atoms with van der Waals surface area (Å²) in [4.78, 5) is 26.1. The lowest BCUT2D eigenvalue weighted by atomic mass is 9.48. The normalized spacial score (nSPS) is 35.1. The van der Waals surface area contributed by atoms with Gasteiger partial charge in [-0.1, -0.05) is 13.8 Å². The molecule has 0 aliphatic heterocycles. The van der Waals surface area contributed by atoms with Crippen molar-refractivity contribution in [1.29, 1.82) is 0 Å². The lowest BCUT2D eigenvalue weighted by Gasteiger charge is -2.60. The lowest BCUT2D eigenvalue weighted by molar-refractivity contribution is -0.222. The van der Waals surface area contributed by atoms with Gasteiger partial charge >= 0.3 is 11.9 Å². The second kappa shape index (κ2) is 7.77. The van der Waals surface area contributed by atoms with Crippen molar-refractivity contribution in [2.45, 2.75) is 116 Å². The summed E-state index contributed by atoms with van der Waals surface area (Å²) >= 11 is 0. The summed E-state index contributed by atoms with van der Waals surface area (Å²) in [6.07, 6.45) is 4.84. The summed E-state index contributed by atoms with van der Waals surface area (Å²) in [5.74, 6) is 0.0976. The number of esters is 2.